The Bertz CT molecular complexity index is 419. The van der Waals surface area contributed by atoms with Crippen molar-refractivity contribution in [3.63, 3.8) is 0 Å². The van der Waals surface area contributed by atoms with Crippen molar-refractivity contribution in [1.82, 2.24) is 0 Å². The van der Waals surface area contributed by atoms with Crippen molar-refractivity contribution in [2.45, 2.75) is 45.1 Å². The second-order valence-corrected chi connectivity index (χ2v) is 6.12. The molecule has 0 radical (unpaired) electrons. The molecule has 0 saturated heterocycles. The largest absolute Gasteiger partial charge is 0.371 e. The maximum atomic E-state index is 6.35. The Kier molecular flexibility index (Phi) is 5.12. The molecule has 0 aromatic heterocycles. The monoisotopic (exact) mass is 280 g/mol. The van der Waals surface area contributed by atoms with Crippen LogP contribution >= 0.6 is 11.6 Å². The Morgan fingerprint density at radius 1 is 1.32 bits per heavy atom. The molecule has 2 nitrogen and oxygen atoms in total. The molecule has 0 heterocycles. The minimum absolute atomic E-state index is 0.628. The van der Waals surface area contributed by atoms with Gasteiger partial charge in [-0.05, 0) is 49.4 Å². The lowest BCUT2D eigenvalue weighted by molar-refractivity contribution is 0.321. The molecule has 2 N–H and O–H groups in total. The molecule has 1 aromatic rings. The summed E-state index contributed by atoms with van der Waals surface area (Å²) in [7, 11) is 2.21. The summed E-state index contributed by atoms with van der Waals surface area (Å²) in [6.45, 7) is 3.01. The first kappa shape index (κ1) is 14.7. The Balaban J connectivity index is 2.27. The second-order valence-electron chi connectivity index (χ2n) is 5.72. The molecule has 1 saturated carbocycles. The van der Waals surface area contributed by atoms with Crippen molar-refractivity contribution >= 4 is 17.3 Å². The number of rotatable bonds is 4. The molecule has 0 bridgehead atoms. The molecule has 0 spiro atoms. The van der Waals surface area contributed by atoms with Crippen molar-refractivity contribution in [3.8, 4) is 0 Å². The van der Waals surface area contributed by atoms with Gasteiger partial charge in [0.25, 0.3) is 0 Å². The van der Waals surface area contributed by atoms with Crippen LogP contribution in [0.25, 0.3) is 0 Å². The molecule has 2 rings (SSSR count). The molecule has 2 unspecified atom stereocenters. The second kappa shape index (κ2) is 6.62. The highest BCUT2D eigenvalue weighted by Crippen LogP contribution is 2.34. The van der Waals surface area contributed by atoms with Gasteiger partial charge in [-0.2, -0.15) is 0 Å². The van der Waals surface area contributed by atoms with Gasteiger partial charge in [0.1, 0.15) is 0 Å². The van der Waals surface area contributed by atoms with E-state index in [1.807, 2.05) is 12.1 Å². The van der Waals surface area contributed by atoms with E-state index >= 15 is 0 Å². The average Bonchev–Trinajstić information content (AvgIpc) is 2.41. The van der Waals surface area contributed by atoms with E-state index < -0.39 is 0 Å². The normalized spacial score (nSPS) is 23.4. The molecule has 1 aliphatic carbocycles. The highest BCUT2D eigenvalue weighted by Gasteiger charge is 2.26. The van der Waals surface area contributed by atoms with E-state index in [0.29, 0.717) is 12.6 Å². The smallest absolute Gasteiger partial charge is 0.0459 e. The summed E-state index contributed by atoms with van der Waals surface area (Å²) in [5.41, 5.74) is 8.19. The van der Waals surface area contributed by atoms with E-state index in [-0.39, 0.29) is 0 Å². The van der Waals surface area contributed by atoms with Gasteiger partial charge >= 0.3 is 0 Å². The van der Waals surface area contributed by atoms with Crippen molar-refractivity contribution in [2.24, 2.45) is 11.7 Å². The van der Waals surface area contributed by atoms with Crippen LogP contribution in [0.1, 0.15) is 38.2 Å². The lowest BCUT2D eigenvalue weighted by Gasteiger charge is -2.38. The predicted octanol–water partition coefficient (Wildman–Crippen LogP) is 3.86. The number of hydrogen-bond donors (Lipinski definition) is 1. The van der Waals surface area contributed by atoms with Crippen LogP contribution in [0.2, 0.25) is 5.02 Å². The molecule has 1 aromatic carbocycles. The third kappa shape index (κ3) is 3.24. The van der Waals surface area contributed by atoms with Crippen LogP contribution in [0.5, 0.6) is 0 Å². The van der Waals surface area contributed by atoms with E-state index in [0.717, 1.165) is 17.4 Å². The van der Waals surface area contributed by atoms with Gasteiger partial charge in [-0.3, -0.25) is 0 Å². The van der Waals surface area contributed by atoms with Gasteiger partial charge in [0.15, 0.2) is 0 Å². The fourth-order valence-electron chi connectivity index (χ4n) is 3.32. The van der Waals surface area contributed by atoms with Gasteiger partial charge < -0.3 is 10.6 Å². The van der Waals surface area contributed by atoms with Crippen molar-refractivity contribution in [2.75, 3.05) is 18.5 Å². The lowest BCUT2D eigenvalue weighted by Crippen LogP contribution is -2.39. The van der Waals surface area contributed by atoms with Crippen LogP contribution in [0, 0.1) is 5.92 Å². The Labute approximate surface area is 121 Å². The molecule has 106 valence electrons. The topological polar surface area (TPSA) is 29.3 Å². The van der Waals surface area contributed by atoms with Crippen LogP contribution in [0.3, 0.4) is 0 Å². The van der Waals surface area contributed by atoms with Gasteiger partial charge in [0.2, 0.25) is 0 Å². The van der Waals surface area contributed by atoms with Crippen LogP contribution in [0.4, 0.5) is 5.69 Å². The highest BCUT2D eigenvalue weighted by atomic mass is 35.5. The van der Waals surface area contributed by atoms with Gasteiger partial charge in [-0.25, -0.2) is 0 Å². The Morgan fingerprint density at radius 3 is 2.74 bits per heavy atom. The Hall–Kier alpha value is -0.730. The summed E-state index contributed by atoms with van der Waals surface area (Å²) in [5.74, 6) is 0.753. The molecular formula is C16H25ClN2. The molecule has 2 atom stereocenters. The first-order valence-electron chi connectivity index (χ1n) is 7.35. The fraction of sp³-hybridized carbons (Fsp3) is 0.625. The summed E-state index contributed by atoms with van der Waals surface area (Å²) in [4.78, 5) is 2.43. The van der Waals surface area contributed by atoms with E-state index in [1.54, 1.807) is 0 Å². The number of nitrogens with zero attached hydrogens (tertiary/aromatic N) is 1. The average molecular weight is 281 g/mol. The third-order valence-corrected chi connectivity index (χ3v) is 4.79. The van der Waals surface area contributed by atoms with Crippen molar-refractivity contribution in [1.29, 1.82) is 0 Å². The molecule has 0 aliphatic heterocycles. The van der Waals surface area contributed by atoms with Crippen LogP contribution in [-0.2, 0) is 6.42 Å². The first-order chi connectivity index (χ1) is 9.15. The summed E-state index contributed by atoms with van der Waals surface area (Å²) in [5, 5.41) is 0.846. The van der Waals surface area contributed by atoms with E-state index in [4.69, 9.17) is 17.3 Å². The molecule has 3 heteroatoms. The third-order valence-electron chi connectivity index (χ3n) is 4.43. The SMILES string of the molecule is CC1CCCCC1N(C)c1cccc(Cl)c1CCN. The zero-order valence-electron chi connectivity index (χ0n) is 12.0. The van der Waals surface area contributed by atoms with Gasteiger partial charge in [0.05, 0.1) is 0 Å². The first-order valence-corrected chi connectivity index (χ1v) is 7.73. The van der Waals surface area contributed by atoms with Crippen LogP contribution in [0.15, 0.2) is 18.2 Å². The minimum atomic E-state index is 0.628. The molecule has 0 amide bonds. The van der Waals surface area contributed by atoms with E-state index in [1.165, 1.54) is 36.9 Å². The zero-order valence-corrected chi connectivity index (χ0v) is 12.8. The van der Waals surface area contributed by atoms with Crippen molar-refractivity contribution in [3.05, 3.63) is 28.8 Å². The van der Waals surface area contributed by atoms with Crippen LogP contribution < -0.4 is 10.6 Å². The lowest BCUT2D eigenvalue weighted by atomic mass is 9.84. The van der Waals surface area contributed by atoms with Crippen LogP contribution in [-0.4, -0.2) is 19.6 Å². The van der Waals surface area contributed by atoms with E-state index in [2.05, 4.69) is 24.9 Å². The number of nitrogens with two attached hydrogens (primary N) is 1. The molecule has 1 aliphatic rings. The summed E-state index contributed by atoms with van der Waals surface area (Å²) < 4.78 is 0. The maximum absolute atomic E-state index is 6.35. The Morgan fingerprint density at radius 2 is 2.05 bits per heavy atom. The molecular weight excluding hydrogens is 256 g/mol. The maximum Gasteiger partial charge on any atom is 0.0459 e. The quantitative estimate of drug-likeness (QED) is 0.907. The molecule has 19 heavy (non-hydrogen) atoms. The highest BCUT2D eigenvalue weighted by molar-refractivity contribution is 6.31. The minimum Gasteiger partial charge on any atom is -0.371 e. The molecule has 1 fully saturated rings. The van der Waals surface area contributed by atoms with E-state index in [9.17, 15) is 0 Å². The van der Waals surface area contributed by atoms with Gasteiger partial charge in [-0.1, -0.05) is 37.4 Å². The number of benzene rings is 1. The number of halogens is 1. The summed E-state index contributed by atoms with van der Waals surface area (Å²) in [6.07, 6.45) is 6.18. The van der Waals surface area contributed by atoms with Crippen molar-refractivity contribution < 1.29 is 0 Å². The van der Waals surface area contributed by atoms with Gasteiger partial charge in [0, 0.05) is 23.8 Å². The number of anilines is 1. The number of hydrogen-bond acceptors (Lipinski definition) is 2. The fourth-order valence-corrected chi connectivity index (χ4v) is 3.58. The van der Waals surface area contributed by atoms with Gasteiger partial charge in [-0.15, -0.1) is 0 Å². The summed E-state index contributed by atoms with van der Waals surface area (Å²) >= 11 is 6.35. The predicted molar refractivity (Wildman–Crippen MR) is 84.0 cm³/mol. The standard InChI is InChI=1S/C16H25ClN2/c1-12-6-3-4-8-15(12)19(2)16-9-5-7-14(17)13(16)10-11-18/h5,7,9,12,15H,3-4,6,8,10-11,18H2,1-2H3. The zero-order chi connectivity index (χ0) is 13.8. The summed E-state index contributed by atoms with van der Waals surface area (Å²) in [6, 6.07) is 6.82.